The molecular weight excluding hydrogens is 250 g/mol. The summed E-state index contributed by atoms with van der Waals surface area (Å²) in [5, 5.41) is 17.8. The second-order valence-corrected chi connectivity index (χ2v) is 3.69. The number of halogens is 1. The van der Waals surface area contributed by atoms with E-state index in [2.05, 4.69) is 11.5 Å². The molecule has 0 atom stereocenters. The van der Waals surface area contributed by atoms with Crippen molar-refractivity contribution in [3.05, 3.63) is 59.1 Å². The van der Waals surface area contributed by atoms with Gasteiger partial charge in [-0.15, -0.1) is 0 Å². The van der Waals surface area contributed by atoms with E-state index in [9.17, 15) is 4.39 Å². The van der Waals surface area contributed by atoms with Crippen LogP contribution in [0.3, 0.4) is 0 Å². The molecule has 0 unspecified atom stereocenters. The maximum absolute atomic E-state index is 13.5. The summed E-state index contributed by atoms with van der Waals surface area (Å²) in [6, 6.07) is 3.71. The van der Waals surface area contributed by atoms with E-state index in [1.165, 1.54) is 19.2 Å². The molecule has 4 nitrogen and oxygen atoms in total. The molecule has 0 saturated heterocycles. The molecule has 0 heterocycles. The Morgan fingerprint density at radius 2 is 2.11 bits per heavy atom. The maximum Gasteiger partial charge on any atom is 0.491 e. The standard InChI is InChI=1S/C13H10BFO4/c1-18-9-3-2-4-10(7-9)19-11-5-6-12(14(16)17)13(15)8-11/h3,5-8,16-17H,1H3. The van der Waals surface area contributed by atoms with E-state index in [1.54, 1.807) is 12.2 Å². The fraction of sp³-hybridized carbons (Fsp3) is 0.0769. The Labute approximate surface area is 109 Å². The van der Waals surface area contributed by atoms with Crippen LogP contribution in [-0.2, 0) is 4.74 Å². The number of rotatable bonds is 4. The summed E-state index contributed by atoms with van der Waals surface area (Å²) in [4.78, 5) is 0. The highest BCUT2D eigenvalue weighted by Gasteiger charge is 2.17. The molecule has 0 radical (unpaired) electrons. The minimum Gasteiger partial charge on any atom is -0.496 e. The van der Waals surface area contributed by atoms with E-state index in [1.807, 2.05) is 0 Å². The summed E-state index contributed by atoms with van der Waals surface area (Å²) in [7, 11) is -0.352. The van der Waals surface area contributed by atoms with Crippen molar-refractivity contribution in [1.82, 2.24) is 0 Å². The molecule has 1 aromatic rings. The first kappa shape index (κ1) is 13.2. The molecule has 0 spiro atoms. The van der Waals surface area contributed by atoms with Gasteiger partial charge in [0.2, 0.25) is 0 Å². The quantitative estimate of drug-likeness (QED) is 0.615. The molecule has 0 aliphatic heterocycles. The number of hydrogen-bond donors (Lipinski definition) is 2. The molecule has 1 aliphatic rings. The van der Waals surface area contributed by atoms with Crippen LogP contribution < -0.4 is 10.2 Å². The Morgan fingerprint density at radius 1 is 1.32 bits per heavy atom. The summed E-state index contributed by atoms with van der Waals surface area (Å²) >= 11 is 0. The Kier molecular flexibility index (Phi) is 3.90. The van der Waals surface area contributed by atoms with Crippen molar-refractivity contribution < 1.29 is 23.9 Å². The fourth-order valence-corrected chi connectivity index (χ4v) is 1.47. The first-order valence-electron chi connectivity index (χ1n) is 5.41. The Balaban J connectivity index is 2.22. The van der Waals surface area contributed by atoms with Gasteiger partial charge in [0.05, 0.1) is 7.11 Å². The third-order valence-corrected chi connectivity index (χ3v) is 2.40. The van der Waals surface area contributed by atoms with Gasteiger partial charge >= 0.3 is 7.12 Å². The lowest BCUT2D eigenvalue weighted by Gasteiger charge is -2.08. The van der Waals surface area contributed by atoms with Gasteiger partial charge in [-0.05, 0) is 11.8 Å². The zero-order valence-corrected chi connectivity index (χ0v) is 10.1. The first-order valence-corrected chi connectivity index (χ1v) is 5.41. The summed E-state index contributed by atoms with van der Waals surface area (Å²) in [6.45, 7) is 0. The van der Waals surface area contributed by atoms with Crippen molar-refractivity contribution in [2.75, 3.05) is 7.11 Å². The molecule has 19 heavy (non-hydrogen) atoms. The van der Waals surface area contributed by atoms with Gasteiger partial charge in [0.25, 0.3) is 0 Å². The Morgan fingerprint density at radius 3 is 2.74 bits per heavy atom. The maximum atomic E-state index is 13.5. The van der Waals surface area contributed by atoms with Gasteiger partial charge in [-0.1, -0.05) is 11.8 Å². The molecule has 1 aliphatic carbocycles. The van der Waals surface area contributed by atoms with Crippen LogP contribution in [0.1, 0.15) is 0 Å². The SMILES string of the molecule is COC1=CC(Oc2ccc(B(O)O)c(F)c2)=C=C=C1. The van der Waals surface area contributed by atoms with Crippen molar-refractivity contribution in [3.63, 3.8) is 0 Å². The van der Waals surface area contributed by atoms with E-state index < -0.39 is 12.9 Å². The molecule has 0 fully saturated rings. The highest BCUT2D eigenvalue weighted by molar-refractivity contribution is 6.58. The van der Waals surface area contributed by atoms with Gasteiger partial charge in [-0.2, -0.15) is 0 Å². The van der Waals surface area contributed by atoms with Crippen molar-refractivity contribution >= 4 is 12.6 Å². The number of hydrogen-bond acceptors (Lipinski definition) is 4. The van der Waals surface area contributed by atoms with E-state index in [0.29, 0.717) is 11.5 Å². The summed E-state index contributed by atoms with van der Waals surface area (Å²) in [5.74, 6) is 0.298. The summed E-state index contributed by atoms with van der Waals surface area (Å²) in [5.41, 5.74) is 5.18. The molecule has 6 heteroatoms. The lowest BCUT2D eigenvalue weighted by atomic mass is 9.80. The first-order chi connectivity index (χ1) is 9.10. The average molecular weight is 260 g/mol. The lowest BCUT2D eigenvalue weighted by molar-refractivity contribution is 0.303. The number of methoxy groups -OCH3 is 1. The van der Waals surface area contributed by atoms with E-state index in [0.717, 1.165) is 6.07 Å². The zero-order chi connectivity index (χ0) is 13.8. The summed E-state index contributed by atoms with van der Waals surface area (Å²) in [6.07, 6.45) is 3.15. The van der Waals surface area contributed by atoms with Crippen LogP contribution in [0, 0.1) is 5.82 Å². The van der Waals surface area contributed by atoms with Crippen LogP contribution in [0.4, 0.5) is 4.39 Å². The van der Waals surface area contributed by atoms with E-state index >= 15 is 0 Å². The highest BCUT2D eigenvalue weighted by Crippen LogP contribution is 2.17. The van der Waals surface area contributed by atoms with Crippen molar-refractivity contribution in [2.45, 2.75) is 0 Å². The number of ether oxygens (including phenoxy) is 2. The molecule has 0 amide bonds. The predicted molar refractivity (Wildman–Crippen MR) is 67.1 cm³/mol. The minimum absolute atomic E-state index is 0.208. The molecule has 96 valence electrons. The van der Waals surface area contributed by atoms with Gasteiger partial charge in [0.15, 0.2) is 5.76 Å². The number of benzene rings is 1. The third kappa shape index (κ3) is 3.16. The summed E-state index contributed by atoms with van der Waals surface area (Å²) < 4.78 is 23.9. The van der Waals surface area contributed by atoms with Crippen LogP contribution in [0.25, 0.3) is 0 Å². The van der Waals surface area contributed by atoms with Crippen molar-refractivity contribution in [3.8, 4) is 5.75 Å². The topological polar surface area (TPSA) is 58.9 Å². The minimum atomic E-state index is -1.86. The Hall–Kier alpha value is -2.23. The zero-order valence-electron chi connectivity index (χ0n) is 10.1. The van der Waals surface area contributed by atoms with Crippen molar-refractivity contribution in [1.29, 1.82) is 0 Å². The van der Waals surface area contributed by atoms with Crippen LogP contribution in [0.15, 0.2) is 53.3 Å². The smallest absolute Gasteiger partial charge is 0.491 e. The van der Waals surface area contributed by atoms with Crippen molar-refractivity contribution in [2.24, 2.45) is 0 Å². The molecule has 1 aromatic carbocycles. The average Bonchev–Trinajstić information content (AvgIpc) is 2.38. The van der Waals surface area contributed by atoms with Gasteiger partial charge < -0.3 is 19.5 Å². The normalized spacial score (nSPS) is 12.8. The van der Waals surface area contributed by atoms with Gasteiger partial charge in [0, 0.05) is 23.7 Å². The molecular formula is C13H10BFO4. The van der Waals surface area contributed by atoms with Gasteiger partial charge in [0.1, 0.15) is 17.3 Å². The fourth-order valence-electron chi connectivity index (χ4n) is 1.47. The van der Waals surface area contributed by atoms with Crippen LogP contribution in [-0.4, -0.2) is 24.3 Å². The lowest BCUT2D eigenvalue weighted by Crippen LogP contribution is -2.32. The largest absolute Gasteiger partial charge is 0.496 e. The second kappa shape index (κ2) is 5.61. The highest BCUT2D eigenvalue weighted by atomic mass is 19.1. The molecule has 2 rings (SSSR count). The second-order valence-electron chi connectivity index (χ2n) is 3.69. The molecule has 0 aromatic heterocycles. The molecule has 2 N–H and O–H groups in total. The monoisotopic (exact) mass is 260 g/mol. The van der Waals surface area contributed by atoms with E-state index in [4.69, 9.17) is 19.5 Å². The van der Waals surface area contributed by atoms with Crippen LogP contribution in [0.5, 0.6) is 5.75 Å². The predicted octanol–water partition coefficient (Wildman–Crippen LogP) is 0.622. The van der Waals surface area contributed by atoms with Crippen LogP contribution in [0.2, 0.25) is 0 Å². The third-order valence-electron chi connectivity index (χ3n) is 2.40. The molecule has 0 saturated carbocycles. The van der Waals surface area contributed by atoms with Gasteiger partial charge in [-0.25, -0.2) is 4.39 Å². The molecule has 0 bridgehead atoms. The van der Waals surface area contributed by atoms with E-state index in [-0.39, 0.29) is 11.2 Å². The number of allylic oxidation sites excluding steroid dienone is 2. The van der Waals surface area contributed by atoms with Gasteiger partial charge in [-0.3, -0.25) is 0 Å². The van der Waals surface area contributed by atoms with Crippen LogP contribution >= 0.6 is 0 Å². The Bertz CT molecular complexity index is 624.